The second-order valence-corrected chi connectivity index (χ2v) is 5.14. The molecule has 4 rings (SSSR count). The molecule has 0 N–H and O–H groups in total. The standard InChI is InChI=1S/C20H14N/c1-2-6-15(7-3-1)17-11-12-18(14-17)19-10-4-8-16-9-5-13-21-20(16)19/h1-14H. The Kier molecular flexibility index (Phi) is 2.89. The Bertz CT molecular complexity index is 839. The molecule has 1 aromatic heterocycles. The van der Waals surface area contributed by atoms with Gasteiger partial charge in [0.05, 0.1) is 11.4 Å². The van der Waals surface area contributed by atoms with Crippen molar-refractivity contribution in [3.63, 3.8) is 0 Å². The first-order chi connectivity index (χ1) is 10.4. The van der Waals surface area contributed by atoms with Crippen LogP contribution in [0.3, 0.4) is 0 Å². The molecule has 0 saturated carbocycles. The Hall–Kier alpha value is -2.67. The van der Waals surface area contributed by atoms with Gasteiger partial charge in [-0.3, -0.25) is 4.98 Å². The largest absolute Gasteiger partial charge is 0.256 e. The first-order valence-electron chi connectivity index (χ1n) is 7.08. The van der Waals surface area contributed by atoms with Gasteiger partial charge in [-0.15, -0.1) is 0 Å². The number of rotatable bonds is 2. The summed E-state index contributed by atoms with van der Waals surface area (Å²) in [7, 11) is 0. The predicted molar refractivity (Wildman–Crippen MR) is 87.6 cm³/mol. The molecule has 1 aliphatic rings. The number of allylic oxidation sites excluding steroid dienone is 4. The van der Waals surface area contributed by atoms with Crippen LogP contribution in [0.5, 0.6) is 0 Å². The number of hydrogen-bond acceptors (Lipinski definition) is 1. The van der Waals surface area contributed by atoms with Gasteiger partial charge in [-0.1, -0.05) is 72.8 Å². The van der Waals surface area contributed by atoms with Gasteiger partial charge in [-0.25, -0.2) is 0 Å². The maximum Gasteiger partial charge on any atom is 0.0746 e. The minimum absolute atomic E-state index is 1.06. The van der Waals surface area contributed by atoms with Crippen LogP contribution in [0.1, 0.15) is 11.1 Å². The third kappa shape index (κ3) is 2.17. The van der Waals surface area contributed by atoms with Crippen molar-refractivity contribution in [2.24, 2.45) is 0 Å². The molecule has 1 nitrogen and oxygen atoms in total. The topological polar surface area (TPSA) is 12.9 Å². The smallest absolute Gasteiger partial charge is 0.0746 e. The normalized spacial score (nSPS) is 14.6. The number of fused-ring (bicyclic) bond motifs is 1. The van der Waals surface area contributed by atoms with E-state index in [4.69, 9.17) is 0 Å². The van der Waals surface area contributed by atoms with Crippen molar-refractivity contribution in [1.82, 2.24) is 4.98 Å². The van der Waals surface area contributed by atoms with Gasteiger partial charge in [0, 0.05) is 11.6 Å². The summed E-state index contributed by atoms with van der Waals surface area (Å²) >= 11 is 0. The average molecular weight is 268 g/mol. The first kappa shape index (κ1) is 12.1. The van der Waals surface area contributed by atoms with Gasteiger partial charge in [-0.05, 0) is 22.8 Å². The summed E-state index contributed by atoms with van der Waals surface area (Å²) in [5.74, 6) is 1.22. The second kappa shape index (κ2) is 5.02. The van der Waals surface area contributed by atoms with Crippen molar-refractivity contribution in [2.45, 2.75) is 0 Å². The number of pyridine rings is 1. The summed E-state index contributed by atoms with van der Waals surface area (Å²) in [6, 6.07) is 20.9. The zero-order chi connectivity index (χ0) is 14.1. The number of aromatic nitrogens is 1. The van der Waals surface area contributed by atoms with Crippen LogP contribution in [0, 0.1) is 5.92 Å². The third-order valence-electron chi connectivity index (χ3n) is 3.80. The molecule has 0 bridgehead atoms. The van der Waals surface area contributed by atoms with Crippen LogP contribution in [0.4, 0.5) is 0 Å². The molecule has 99 valence electrons. The molecule has 2 aromatic carbocycles. The minimum Gasteiger partial charge on any atom is -0.256 e. The van der Waals surface area contributed by atoms with Crippen molar-refractivity contribution in [1.29, 1.82) is 0 Å². The molecule has 0 unspecified atom stereocenters. The maximum absolute atomic E-state index is 4.54. The Morgan fingerprint density at radius 1 is 0.714 bits per heavy atom. The van der Waals surface area contributed by atoms with Crippen molar-refractivity contribution < 1.29 is 0 Å². The zero-order valence-electron chi connectivity index (χ0n) is 11.5. The van der Waals surface area contributed by atoms with Gasteiger partial charge in [0.15, 0.2) is 0 Å². The molecule has 0 atom stereocenters. The SMILES string of the molecule is C1=CC(c2ccccc2)=C[C]1c1cccc2cccnc12. The summed E-state index contributed by atoms with van der Waals surface area (Å²) in [6.45, 7) is 0. The molecule has 21 heavy (non-hydrogen) atoms. The van der Waals surface area contributed by atoms with E-state index in [-0.39, 0.29) is 0 Å². The summed E-state index contributed by atoms with van der Waals surface area (Å²) < 4.78 is 0. The molecule has 1 aliphatic carbocycles. The van der Waals surface area contributed by atoms with Crippen molar-refractivity contribution in [3.05, 3.63) is 102 Å². The van der Waals surface area contributed by atoms with E-state index < -0.39 is 0 Å². The van der Waals surface area contributed by atoms with Gasteiger partial charge in [0.1, 0.15) is 0 Å². The average Bonchev–Trinajstić information content (AvgIpc) is 3.05. The molecular formula is C20H14N. The van der Waals surface area contributed by atoms with Gasteiger partial charge in [0.25, 0.3) is 0 Å². The quantitative estimate of drug-likeness (QED) is 0.650. The molecule has 3 aromatic rings. The van der Waals surface area contributed by atoms with Crippen LogP contribution in [-0.2, 0) is 0 Å². The molecule has 1 heterocycles. The van der Waals surface area contributed by atoms with E-state index in [1.807, 2.05) is 18.3 Å². The van der Waals surface area contributed by atoms with E-state index in [0.29, 0.717) is 0 Å². The molecule has 0 spiro atoms. The molecular weight excluding hydrogens is 254 g/mol. The fourth-order valence-electron chi connectivity index (χ4n) is 2.76. The van der Waals surface area contributed by atoms with Crippen LogP contribution >= 0.6 is 0 Å². The Labute approximate surface area is 124 Å². The van der Waals surface area contributed by atoms with Crippen molar-refractivity contribution in [2.75, 3.05) is 0 Å². The van der Waals surface area contributed by atoms with E-state index >= 15 is 0 Å². The number of hydrogen-bond donors (Lipinski definition) is 0. The van der Waals surface area contributed by atoms with E-state index in [1.165, 1.54) is 28.0 Å². The van der Waals surface area contributed by atoms with Crippen molar-refractivity contribution in [3.8, 4) is 0 Å². The fourth-order valence-corrected chi connectivity index (χ4v) is 2.76. The van der Waals surface area contributed by atoms with E-state index in [9.17, 15) is 0 Å². The number of para-hydroxylation sites is 1. The van der Waals surface area contributed by atoms with E-state index in [0.717, 1.165) is 5.52 Å². The predicted octanol–water partition coefficient (Wildman–Crippen LogP) is 4.81. The highest BCUT2D eigenvalue weighted by atomic mass is 14.6. The van der Waals surface area contributed by atoms with Gasteiger partial charge >= 0.3 is 0 Å². The van der Waals surface area contributed by atoms with Gasteiger partial charge in [0.2, 0.25) is 0 Å². The van der Waals surface area contributed by atoms with Crippen LogP contribution in [0.25, 0.3) is 16.5 Å². The van der Waals surface area contributed by atoms with Gasteiger partial charge in [-0.2, -0.15) is 0 Å². The highest BCUT2D eigenvalue weighted by Gasteiger charge is 2.16. The van der Waals surface area contributed by atoms with Crippen LogP contribution < -0.4 is 0 Å². The summed E-state index contributed by atoms with van der Waals surface area (Å²) in [4.78, 5) is 4.54. The minimum atomic E-state index is 1.06. The molecule has 0 fully saturated rings. The van der Waals surface area contributed by atoms with Gasteiger partial charge < -0.3 is 0 Å². The van der Waals surface area contributed by atoms with Crippen LogP contribution in [0.2, 0.25) is 0 Å². The number of benzene rings is 2. The lowest BCUT2D eigenvalue weighted by atomic mass is 9.97. The third-order valence-corrected chi connectivity index (χ3v) is 3.80. The maximum atomic E-state index is 4.54. The lowest BCUT2D eigenvalue weighted by Gasteiger charge is -2.08. The summed E-state index contributed by atoms with van der Waals surface area (Å²) in [5, 5.41) is 1.18. The molecule has 0 saturated heterocycles. The lowest BCUT2D eigenvalue weighted by Crippen LogP contribution is -1.93. The molecule has 1 radical (unpaired) electrons. The number of nitrogens with zero attached hydrogens (tertiary/aromatic N) is 1. The Morgan fingerprint density at radius 2 is 1.57 bits per heavy atom. The van der Waals surface area contributed by atoms with E-state index in [2.05, 4.69) is 71.7 Å². The monoisotopic (exact) mass is 268 g/mol. The summed E-state index contributed by atoms with van der Waals surface area (Å²) in [5.41, 5.74) is 4.75. The summed E-state index contributed by atoms with van der Waals surface area (Å²) in [6.07, 6.45) is 8.43. The van der Waals surface area contributed by atoms with Crippen LogP contribution in [0.15, 0.2) is 85.1 Å². The zero-order valence-corrected chi connectivity index (χ0v) is 11.5. The highest BCUT2D eigenvalue weighted by molar-refractivity contribution is 5.89. The molecule has 0 amide bonds. The first-order valence-corrected chi connectivity index (χ1v) is 7.08. The van der Waals surface area contributed by atoms with E-state index in [1.54, 1.807) is 0 Å². The Balaban J connectivity index is 1.78. The molecule has 0 aliphatic heterocycles. The highest BCUT2D eigenvalue weighted by Crippen LogP contribution is 2.33. The lowest BCUT2D eigenvalue weighted by molar-refractivity contribution is 1.34. The Morgan fingerprint density at radius 3 is 2.48 bits per heavy atom. The fraction of sp³-hybridized carbons (Fsp3) is 0. The van der Waals surface area contributed by atoms with Crippen LogP contribution in [-0.4, -0.2) is 4.98 Å². The van der Waals surface area contributed by atoms with Crippen molar-refractivity contribution >= 4 is 16.5 Å². The second-order valence-electron chi connectivity index (χ2n) is 5.14. The molecule has 1 heteroatoms.